The second-order valence-electron chi connectivity index (χ2n) is 4.10. The highest BCUT2D eigenvalue weighted by Gasteiger charge is 2.06. The van der Waals surface area contributed by atoms with Gasteiger partial charge in [0.2, 0.25) is 0 Å². The van der Waals surface area contributed by atoms with Gasteiger partial charge in [-0.2, -0.15) is 0 Å². The van der Waals surface area contributed by atoms with Crippen molar-refractivity contribution in [3.8, 4) is 5.75 Å². The minimum absolute atomic E-state index is 0.159. The molecular weight excluding hydrogens is 240 g/mol. The molecular formula is C15H16N2O2. The zero-order valence-electron chi connectivity index (χ0n) is 11.0. The van der Waals surface area contributed by atoms with Crippen LogP contribution in [0, 0.1) is 6.92 Å². The first-order chi connectivity index (χ1) is 9.19. The smallest absolute Gasteiger partial charge is 0.255 e. The third-order valence-electron chi connectivity index (χ3n) is 2.60. The lowest BCUT2D eigenvalue weighted by Crippen LogP contribution is -2.11. The third-order valence-corrected chi connectivity index (χ3v) is 2.60. The van der Waals surface area contributed by atoms with Crippen LogP contribution in [0.15, 0.2) is 42.6 Å². The van der Waals surface area contributed by atoms with Gasteiger partial charge >= 0.3 is 0 Å². The van der Waals surface area contributed by atoms with Crippen molar-refractivity contribution < 1.29 is 9.53 Å². The van der Waals surface area contributed by atoms with Crippen molar-refractivity contribution in [3.05, 3.63) is 53.9 Å². The van der Waals surface area contributed by atoms with Crippen LogP contribution in [0.1, 0.15) is 23.0 Å². The fraction of sp³-hybridized carbons (Fsp3) is 0.200. The average molecular weight is 256 g/mol. The van der Waals surface area contributed by atoms with Crippen molar-refractivity contribution in [2.45, 2.75) is 13.8 Å². The standard InChI is InChI=1S/C15H16N2O2/c1-3-19-14-8-5-12(6-9-14)15(18)17-13-7-4-11(2)16-10-13/h4-10H,3H2,1-2H3,(H,17,18). The average Bonchev–Trinajstić information content (AvgIpc) is 2.42. The van der Waals surface area contributed by atoms with Crippen LogP contribution in [0.2, 0.25) is 0 Å². The first-order valence-electron chi connectivity index (χ1n) is 6.16. The summed E-state index contributed by atoms with van der Waals surface area (Å²) in [6.45, 7) is 4.43. The lowest BCUT2D eigenvalue weighted by molar-refractivity contribution is 0.102. The quantitative estimate of drug-likeness (QED) is 0.914. The first-order valence-corrected chi connectivity index (χ1v) is 6.16. The number of ether oxygens (including phenoxy) is 1. The van der Waals surface area contributed by atoms with E-state index in [4.69, 9.17) is 4.74 Å². The molecule has 1 amide bonds. The number of carbonyl (C=O) groups excluding carboxylic acids is 1. The Labute approximate surface area is 112 Å². The number of hydrogen-bond donors (Lipinski definition) is 1. The van der Waals surface area contributed by atoms with E-state index in [0.717, 1.165) is 11.4 Å². The van der Waals surface area contributed by atoms with E-state index in [-0.39, 0.29) is 5.91 Å². The summed E-state index contributed by atoms with van der Waals surface area (Å²) in [6, 6.07) is 10.7. The highest BCUT2D eigenvalue weighted by Crippen LogP contribution is 2.14. The van der Waals surface area contributed by atoms with Gasteiger partial charge in [0, 0.05) is 11.3 Å². The summed E-state index contributed by atoms with van der Waals surface area (Å²) in [4.78, 5) is 16.1. The van der Waals surface area contributed by atoms with Gasteiger partial charge in [-0.25, -0.2) is 0 Å². The number of nitrogens with one attached hydrogen (secondary N) is 1. The molecule has 98 valence electrons. The van der Waals surface area contributed by atoms with Gasteiger partial charge in [0.25, 0.3) is 5.91 Å². The fourth-order valence-electron chi connectivity index (χ4n) is 1.61. The number of aromatic nitrogens is 1. The molecule has 0 fully saturated rings. The number of rotatable bonds is 4. The lowest BCUT2D eigenvalue weighted by Gasteiger charge is -2.06. The molecule has 1 N–H and O–H groups in total. The van der Waals surface area contributed by atoms with E-state index in [9.17, 15) is 4.79 Å². The van der Waals surface area contributed by atoms with E-state index in [1.54, 1.807) is 30.5 Å². The number of benzene rings is 1. The molecule has 2 aromatic rings. The Morgan fingerprint density at radius 2 is 1.95 bits per heavy atom. The molecule has 0 aliphatic rings. The second kappa shape index (κ2) is 6.00. The van der Waals surface area contributed by atoms with Crippen LogP contribution < -0.4 is 10.1 Å². The van der Waals surface area contributed by atoms with E-state index in [2.05, 4.69) is 10.3 Å². The van der Waals surface area contributed by atoms with Gasteiger partial charge in [-0.05, 0) is 50.2 Å². The van der Waals surface area contributed by atoms with Crippen LogP contribution in [-0.4, -0.2) is 17.5 Å². The Hall–Kier alpha value is -2.36. The zero-order valence-corrected chi connectivity index (χ0v) is 11.0. The summed E-state index contributed by atoms with van der Waals surface area (Å²) < 4.78 is 5.33. The summed E-state index contributed by atoms with van der Waals surface area (Å²) in [5, 5.41) is 2.79. The zero-order chi connectivity index (χ0) is 13.7. The Bertz CT molecular complexity index is 547. The highest BCUT2D eigenvalue weighted by molar-refractivity contribution is 6.04. The molecule has 0 bridgehead atoms. The maximum Gasteiger partial charge on any atom is 0.255 e. The van der Waals surface area contributed by atoms with E-state index in [1.165, 1.54) is 0 Å². The van der Waals surface area contributed by atoms with Crippen LogP contribution in [-0.2, 0) is 0 Å². The summed E-state index contributed by atoms with van der Waals surface area (Å²) in [6.07, 6.45) is 1.64. The molecule has 0 saturated carbocycles. The summed E-state index contributed by atoms with van der Waals surface area (Å²) >= 11 is 0. The molecule has 0 unspecified atom stereocenters. The number of carbonyl (C=O) groups is 1. The van der Waals surface area contributed by atoms with Crippen LogP contribution in [0.3, 0.4) is 0 Å². The highest BCUT2D eigenvalue weighted by atomic mass is 16.5. The van der Waals surface area contributed by atoms with E-state index < -0.39 is 0 Å². The predicted octanol–water partition coefficient (Wildman–Crippen LogP) is 3.04. The predicted molar refractivity (Wildman–Crippen MR) is 74.5 cm³/mol. The van der Waals surface area contributed by atoms with Crippen LogP contribution in [0.25, 0.3) is 0 Å². The molecule has 0 spiro atoms. The number of nitrogens with zero attached hydrogens (tertiary/aromatic N) is 1. The maximum absolute atomic E-state index is 12.0. The molecule has 0 saturated heterocycles. The molecule has 0 atom stereocenters. The molecule has 4 heteroatoms. The molecule has 0 aliphatic heterocycles. The van der Waals surface area contributed by atoms with Crippen molar-refractivity contribution in [3.63, 3.8) is 0 Å². The van der Waals surface area contributed by atoms with Crippen LogP contribution >= 0.6 is 0 Å². The van der Waals surface area contributed by atoms with Gasteiger partial charge in [0.15, 0.2) is 0 Å². The Morgan fingerprint density at radius 3 is 2.53 bits per heavy atom. The fourth-order valence-corrected chi connectivity index (χ4v) is 1.61. The molecule has 1 aromatic heterocycles. The van der Waals surface area contributed by atoms with Gasteiger partial charge in [-0.15, -0.1) is 0 Å². The van der Waals surface area contributed by atoms with Crippen molar-refractivity contribution in [2.24, 2.45) is 0 Å². The molecule has 19 heavy (non-hydrogen) atoms. The van der Waals surface area contributed by atoms with Crippen LogP contribution in [0.4, 0.5) is 5.69 Å². The summed E-state index contributed by atoms with van der Waals surface area (Å²) in [5.74, 6) is 0.602. The van der Waals surface area contributed by atoms with E-state index in [0.29, 0.717) is 17.9 Å². The molecule has 1 aromatic carbocycles. The first kappa shape index (κ1) is 13.1. The lowest BCUT2D eigenvalue weighted by atomic mass is 10.2. The number of pyridine rings is 1. The number of hydrogen-bond acceptors (Lipinski definition) is 3. The largest absolute Gasteiger partial charge is 0.494 e. The minimum Gasteiger partial charge on any atom is -0.494 e. The molecule has 1 heterocycles. The van der Waals surface area contributed by atoms with E-state index >= 15 is 0 Å². The molecule has 0 aliphatic carbocycles. The summed E-state index contributed by atoms with van der Waals surface area (Å²) in [7, 11) is 0. The second-order valence-corrected chi connectivity index (χ2v) is 4.10. The molecule has 0 radical (unpaired) electrons. The van der Waals surface area contributed by atoms with E-state index in [1.807, 2.05) is 26.0 Å². The minimum atomic E-state index is -0.159. The SMILES string of the molecule is CCOc1ccc(C(=O)Nc2ccc(C)nc2)cc1. The number of anilines is 1. The van der Waals surface area contributed by atoms with Gasteiger partial charge < -0.3 is 10.1 Å². The van der Waals surface area contributed by atoms with Crippen molar-refractivity contribution >= 4 is 11.6 Å². The number of amides is 1. The number of aryl methyl sites for hydroxylation is 1. The molecule has 4 nitrogen and oxygen atoms in total. The van der Waals surface area contributed by atoms with Gasteiger partial charge in [-0.1, -0.05) is 0 Å². The maximum atomic E-state index is 12.0. The Kier molecular flexibility index (Phi) is 4.13. The van der Waals surface area contributed by atoms with Gasteiger partial charge in [0.05, 0.1) is 18.5 Å². The van der Waals surface area contributed by atoms with Crippen molar-refractivity contribution in [1.82, 2.24) is 4.98 Å². The Balaban J connectivity index is 2.05. The van der Waals surface area contributed by atoms with Crippen LogP contribution in [0.5, 0.6) is 5.75 Å². The topological polar surface area (TPSA) is 51.2 Å². The normalized spacial score (nSPS) is 10.0. The Morgan fingerprint density at radius 1 is 1.21 bits per heavy atom. The summed E-state index contributed by atoms with van der Waals surface area (Å²) in [5.41, 5.74) is 2.19. The monoisotopic (exact) mass is 256 g/mol. The molecule has 2 rings (SSSR count). The van der Waals surface area contributed by atoms with Gasteiger partial charge in [0.1, 0.15) is 5.75 Å². The van der Waals surface area contributed by atoms with Crippen molar-refractivity contribution in [2.75, 3.05) is 11.9 Å². The van der Waals surface area contributed by atoms with Gasteiger partial charge in [-0.3, -0.25) is 9.78 Å². The third kappa shape index (κ3) is 3.55. The van der Waals surface area contributed by atoms with Crippen molar-refractivity contribution in [1.29, 1.82) is 0 Å².